The van der Waals surface area contributed by atoms with E-state index < -0.39 is 31.8 Å². The Balaban J connectivity index is 1.25. The van der Waals surface area contributed by atoms with Gasteiger partial charge < -0.3 is 18.9 Å². The van der Waals surface area contributed by atoms with Crippen molar-refractivity contribution >= 4 is 25.2 Å². The van der Waals surface area contributed by atoms with Gasteiger partial charge in [-0.05, 0) is 45.7 Å². The molecule has 0 radical (unpaired) electrons. The molecule has 2 fully saturated rings. The molecule has 0 aromatic carbocycles. The predicted octanol–water partition coefficient (Wildman–Crippen LogP) is 4.93. The van der Waals surface area contributed by atoms with Crippen molar-refractivity contribution < 1.29 is 15.6 Å². The second-order valence-electron chi connectivity index (χ2n) is 13.7. The number of rotatable bonds is 9. The quantitative estimate of drug-likeness (QED) is 0.253. The Morgan fingerprint density at radius 1 is 1.24 bits per heavy atom. The SMILES string of the molecule is [2H]C1CN([C@H]2C[C@](CC#N)(n3cc(-c4ncnc5c4ccn5COCC[Si](C)(C)C)cn3)C2)CCN1C(=O)OC(C)(C)C. The fourth-order valence-electron chi connectivity index (χ4n) is 5.66. The number of carbonyl (C=O) groups is 1. The van der Waals surface area contributed by atoms with Crippen molar-refractivity contribution in [3.05, 3.63) is 31.0 Å². The molecular weight excluding hydrogens is 548 g/mol. The molecule has 1 atom stereocenters. The molecular formula is C30H44N8O3Si. The molecule has 0 spiro atoms. The number of hydrogen-bond donors (Lipinski definition) is 0. The predicted molar refractivity (Wildman–Crippen MR) is 163 cm³/mol. The van der Waals surface area contributed by atoms with E-state index >= 15 is 0 Å². The third-order valence-electron chi connectivity index (χ3n) is 8.07. The van der Waals surface area contributed by atoms with Gasteiger partial charge in [-0.25, -0.2) is 14.8 Å². The van der Waals surface area contributed by atoms with E-state index in [1.807, 2.05) is 54.7 Å². The van der Waals surface area contributed by atoms with Crippen LogP contribution in [0, 0.1) is 11.3 Å². The van der Waals surface area contributed by atoms with Crippen LogP contribution in [-0.4, -0.2) is 92.7 Å². The zero-order valence-electron chi connectivity index (χ0n) is 26.7. The van der Waals surface area contributed by atoms with E-state index in [4.69, 9.17) is 15.9 Å². The van der Waals surface area contributed by atoms with Crippen molar-refractivity contribution in [3.63, 3.8) is 0 Å². The van der Waals surface area contributed by atoms with Gasteiger partial charge in [0.15, 0.2) is 0 Å². The summed E-state index contributed by atoms with van der Waals surface area (Å²) >= 11 is 0. The first-order valence-electron chi connectivity index (χ1n) is 15.3. The summed E-state index contributed by atoms with van der Waals surface area (Å²) in [5.74, 6) is 0. The first kappa shape index (κ1) is 28.8. The Labute approximate surface area is 250 Å². The van der Waals surface area contributed by atoms with Crippen LogP contribution in [0.2, 0.25) is 25.7 Å². The molecule has 2 aliphatic rings. The molecule has 0 bridgehead atoms. The Hall–Kier alpha value is -3.27. The summed E-state index contributed by atoms with van der Waals surface area (Å²) in [5.41, 5.74) is 1.49. The van der Waals surface area contributed by atoms with Gasteiger partial charge in [-0.3, -0.25) is 9.58 Å². The lowest BCUT2D eigenvalue weighted by Crippen LogP contribution is -2.60. The van der Waals surface area contributed by atoms with Crippen molar-refractivity contribution in [3.8, 4) is 17.3 Å². The fraction of sp³-hybridized carbons (Fsp3) is 0.633. The van der Waals surface area contributed by atoms with Gasteiger partial charge in [0.25, 0.3) is 0 Å². The van der Waals surface area contributed by atoms with Gasteiger partial charge in [0, 0.05) is 70.2 Å². The molecule has 3 aromatic heterocycles. The van der Waals surface area contributed by atoms with E-state index in [9.17, 15) is 10.1 Å². The molecule has 42 heavy (non-hydrogen) atoms. The zero-order chi connectivity index (χ0) is 31.0. The second kappa shape index (κ2) is 11.8. The number of ether oxygens (including phenoxy) is 2. The van der Waals surface area contributed by atoms with Gasteiger partial charge in [-0.1, -0.05) is 19.6 Å². The minimum absolute atomic E-state index is 0.218. The highest BCUT2D eigenvalue weighted by molar-refractivity contribution is 6.76. The summed E-state index contributed by atoms with van der Waals surface area (Å²) in [6, 6.07) is 5.72. The summed E-state index contributed by atoms with van der Waals surface area (Å²) in [4.78, 5) is 25.4. The average Bonchev–Trinajstić information content (AvgIpc) is 3.55. The summed E-state index contributed by atoms with van der Waals surface area (Å²) < 4.78 is 24.0. The molecule has 12 heteroatoms. The lowest BCUT2D eigenvalue weighted by atomic mass is 9.70. The minimum Gasteiger partial charge on any atom is -0.444 e. The summed E-state index contributed by atoms with van der Waals surface area (Å²) in [7, 11) is -1.15. The summed E-state index contributed by atoms with van der Waals surface area (Å²) in [6.45, 7) is 14.6. The number of nitriles is 1. The Kier molecular flexibility index (Phi) is 8.09. The number of amides is 1. The molecule has 226 valence electrons. The number of carbonyl (C=O) groups excluding carboxylic acids is 1. The topological polar surface area (TPSA) is 114 Å². The third-order valence-corrected chi connectivity index (χ3v) is 9.78. The molecule has 5 rings (SSSR count). The highest BCUT2D eigenvalue weighted by atomic mass is 28.3. The van der Waals surface area contributed by atoms with Crippen LogP contribution in [0.15, 0.2) is 31.0 Å². The highest BCUT2D eigenvalue weighted by Gasteiger charge is 2.49. The highest BCUT2D eigenvalue weighted by Crippen LogP contribution is 2.45. The van der Waals surface area contributed by atoms with Crippen molar-refractivity contribution in [1.29, 1.82) is 5.26 Å². The van der Waals surface area contributed by atoms with E-state index in [1.165, 1.54) is 4.90 Å². The van der Waals surface area contributed by atoms with Crippen LogP contribution in [0.4, 0.5) is 4.79 Å². The van der Waals surface area contributed by atoms with E-state index in [0.717, 1.165) is 47.8 Å². The molecule has 1 saturated carbocycles. The first-order chi connectivity index (χ1) is 20.3. The largest absolute Gasteiger partial charge is 0.444 e. The van der Waals surface area contributed by atoms with Gasteiger partial charge in [0.05, 0.1) is 31.3 Å². The normalized spacial score (nSPS) is 23.8. The van der Waals surface area contributed by atoms with Gasteiger partial charge in [0.1, 0.15) is 24.3 Å². The molecule has 1 aliphatic carbocycles. The Bertz CT molecular complexity index is 1480. The second-order valence-corrected chi connectivity index (χ2v) is 19.4. The molecule has 1 aliphatic heterocycles. The van der Waals surface area contributed by atoms with Crippen LogP contribution in [0.5, 0.6) is 0 Å². The maximum atomic E-state index is 12.6. The number of fused-ring (bicyclic) bond motifs is 1. The van der Waals surface area contributed by atoms with Crippen LogP contribution in [0.25, 0.3) is 22.3 Å². The molecule has 1 unspecified atom stereocenters. The standard InChI is InChI=1S/C30H44N8O3Si/c1-29(2,3)41-28(39)36-13-11-35(12-14-36)24-17-30(18-24,8-9-31)38-20-23(19-34-38)26-25-7-10-37(27(25)33-21-32-26)22-40-15-16-42(4,5)6/h7,10,19-21,24H,8,11-18,22H2,1-6H3/t24-,30-/i13D/t13?,24-,30-. The molecule has 3 aromatic rings. The minimum atomic E-state index is -1.15. The monoisotopic (exact) mass is 593 g/mol. The van der Waals surface area contributed by atoms with Crippen molar-refractivity contribution in [2.75, 3.05) is 32.8 Å². The van der Waals surface area contributed by atoms with Gasteiger partial charge in [-0.15, -0.1) is 0 Å². The van der Waals surface area contributed by atoms with E-state index in [-0.39, 0.29) is 6.04 Å². The lowest BCUT2D eigenvalue weighted by Gasteiger charge is -2.52. The smallest absolute Gasteiger partial charge is 0.410 e. The molecule has 0 N–H and O–H groups in total. The van der Waals surface area contributed by atoms with E-state index in [0.29, 0.717) is 32.8 Å². The van der Waals surface area contributed by atoms with E-state index in [2.05, 4.69) is 40.6 Å². The van der Waals surface area contributed by atoms with E-state index in [1.54, 1.807) is 6.33 Å². The van der Waals surface area contributed by atoms with Gasteiger partial charge in [-0.2, -0.15) is 10.4 Å². The van der Waals surface area contributed by atoms with Crippen molar-refractivity contribution in [1.82, 2.24) is 34.1 Å². The summed E-state index contributed by atoms with van der Waals surface area (Å²) in [5, 5.41) is 15.4. The molecule has 11 nitrogen and oxygen atoms in total. The summed E-state index contributed by atoms with van der Waals surface area (Å²) in [6.07, 6.45) is 8.78. The Morgan fingerprint density at radius 3 is 2.71 bits per heavy atom. The van der Waals surface area contributed by atoms with Crippen LogP contribution in [0.1, 0.15) is 41.4 Å². The molecule has 4 heterocycles. The van der Waals surface area contributed by atoms with Crippen molar-refractivity contribution in [2.45, 2.75) is 89.6 Å². The van der Waals surface area contributed by atoms with Gasteiger partial charge >= 0.3 is 6.09 Å². The molecule has 1 amide bonds. The number of aromatic nitrogens is 5. The lowest BCUT2D eigenvalue weighted by molar-refractivity contribution is -0.0268. The molecule has 1 saturated heterocycles. The fourth-order valence-corrected chi connectivity index (χ4v) is 6.42. The average molecular weight is 594 g/mol. The number of piperazine rings is 1. The first-order valence-corrected chi connectivity index (χ1v) is 18.5. The van der Waals surface area contributed by atoms with Crippen LogP contribution in [0.3, 0.4) is 0 Å². The van der Waals surface area contributed by atoms with Gasteiger partial charge in [0.2, 0.25) is 0 Å². The maximum absolute atomic E-state index is 12.6. The maximum Gasteiger partial charge on any atom is 0.410 e. The van der Waals surface area contributed by atoms with Crippen LogP contribution < -0.4 is 0 Å². The Morgan fingerprint density at radius 2 is 2.02 bits per heavy atom. The van der Waals surface area contributed by atoms with Crippen LogP contribution in [-0.2, 0) is 21.7 Å². The number of nitrogens with zero attached hydrogens (tertiary/aromatic N) is 8. The van der Waals surface area contributed by atoms with Crippen LogP contribution >= 0.6 is 0 Å². The zero-order valence-corrected chi connectivity index (χ0v) is 26.7. The van der Waals surface area contributed by atoms with Crippen molar-refractivity contribution in [2.24, 2.45) is 0 Å². The number of hydrogen-bond acceptors (Lipinski definition) is 8. The third kappa shape index (κ3) is 6.69.